The lowest BCUT2D eigenvalue weighted by molar-refractivity contribution is 0.990. The monoisotopic (exact) mass is 249 g/mol. The number of thiazole rings is 1. The van der Waals surface area contributed by atoms with Gasteiger partial charge < -0.3 is 10.6 Å². The number of aryl methyl sites for hydroxylation is 1. The van der Waals surface area contributed by atoms with Gasteiger partial charge in [-0.3, -0.25) is 0 Å². The minimum Gasteiger partial charge on any atom is -0.373 e. The first-order chi connectivity index (χ1) is 8.20. The quantitative estimate of drug-likeness (QED) is 0.869. The third-order valence-electron chi connectivity index (χ3n) is 2.41. The fraction of sp³-hybridized carbons (Fsp3) is 0.364. The van der Waals surface area contributed by atoms with Crippen molar-refractivity contribution in [3.8, 4) is 0 Å². The van der Waals surface area contributed by atoms with Crippen molar-refractivity contribution in [3.63, 3.8) is 0 Å². The minimum absolute atomic E-state index is 0.684. The van der Waals surface area contributed by atoms with Crippen LogP contribution < -0.4 is 10.6 Å². The smallest absolute Gasteiger partial charge is 0.135 e. The van der Waals surface area contributed by atoms with E-state index in [1.54, 1.807) is 11.3 Å². The lowest BCUT2D eigenvalue weighted by Crippen LogP contribution is -2.08. The summed E-state index contributed by atoms with van der Waals surface area (Å²) in [5.41, 5.74) is 3.87. The van der Waals surface area contributed by atoms with Gasteiger partial charge in [0.15, 0.2) is 0 Å². The van der Waals surface area contributed by atoms with Crippen LogP contribution in [0.2, 0.25) is 0 Å². The minimum atomic E-state index is 0.684. The second-order valence-corrected chi connectivity index (χ2v) is 4.40. The van der Waals surface area contributed by atoms with E-state index < -0.39 is 0 Å². The Morgan fingerprint density at radius 3 is 2.65 bits per heavy atom. The van der Waals surface area contributed by atoms with Crippen LogP contribution in [0.5, 0.6) is 0 Å². The molecule has 0 atom stereocenters. The summed E-state index contributed by atoms with van der Waals surface area (Å²) in [6, 6.07) is 0. The van der Waals surface area contributed by atoms with Gasteiger partial charge in [0.2, 0.25) is 0 Å². The van der Waals surface area contributed by atoms with Crippen LogP contribution in [0.3, 0.4) is 0 Å². The number of hydrogen-bond donors (Lipinski definition) is 2. The van der Waals surface area contributed by atoms with Crippen LogP contribution >= 0.6 is 11.3 Å². The Morgan fingerprint density at radius 2 is 2.00 bits per heavy atom. The molecule has 0 saturated carbocycles. The van der Waals surface area contributed by atoms with E-state index in [4.69, 9.17) is 0 Å². The van der Waals surface area contributed by atoms with Gasteiger partial charge in [-0.1, -0.05) is 0 Å². The summed E-state index contributed by atoms with van der Waals surface area (Å²) in [4.78, 5) is 12.9. The predicted octanol–water partition coefficient (Wildman–Crippen LogP) is 2.20. The zero-order chi connectivity index (χ0) is 12.3. The molecule has 0 unspecified atom stereocenters. The molecular weight excluding hydrogens is 234 g/mol. The Morgan fingerprint density at radius 1 is 1.24 bits per heavy atom. The Kier molecular flexibility index (Phi) is 3.53. The maximum absolute atomic E-state index is 4.39. The number of anilines is 2. The van der Waals surface area contributed by atoms with Gasteiger partial charge in [0.25, 0.3) is 0 Å². The summed E-state index contributed by atoms with van der Waals surface area (Å²) in [5, 5.41) is 8.37. The molecule has 90 valence electrons. The number of aromatic nitrogens is 3. The number of hydrogen-bond acceptors (Lipinski definition) is 6. The van der Waals surface area contributed by atoms with Gasteiger partial charge in [-0.2, -0.15) is 0 Å². The van der Waals surface area contributed by atoms with Crippen molar-refractivity contribution in [2.75, 3.05) is 17.7 Å². The molecule has 0 saturated heterocycles. The zero-order valence-electron chi connectivity index (χ0n) is 10.1. The fourth-order valence-corrected chi connectivity index (χ4v) is 2.10. The fourth-order valence-electron chi connectivity index (χ4n) is 1.54. The molecule has 0 fully saturated rings. The number of rotatable bonds is 4. The van der Waals surface area contributed by atoms with E-state index in [0.717, 1.165) is 28.7 Å². The Labute approximate surface area is 104 Å². The van der Waals surface area contributed by atoms with Crippen molar-refractivity contribution >= 4 is 23.0 Å². The molecule has 0 aliphatic rings. The van der Waals surface area contributed by atoms with Crippen molar-refractivity contribution in [3.05, 3.63) is 28.0 Å². The molecule has 5 nitrogen and oxygen atoms in total. The molecule has 0 aliphatic heterocycles. The highest BCUT2D eigenvalue weighted by molar-refractivity contribution is 7.07. The van der Waals surface area contributed by atoms with Gasteiger partial charge >= 0.3 is 0 Å². The number of nitrogens with zero attached hydrogens (tertiary/aromatic N) is 3. The summed E-state index contributed by atoms with van der Waals surface area (Å²) in [6.07, 6.45) is 0. The molecule has 0 aromatic carbocycles. The molecule has 0 bridgehead atoms. The van der Waals surface area contributed by atoms with Crippen molar-refractivity contribution < 1.29 is 0 Å². The van der Waals surface area contributed by atoms with Crippen LogP contribution in [0.15, 0.2) is 10.9 Å². The van der Waals surface area contributed by atoms with Crippen LogP contribution in [-0.4, -0.2) is 22.0 Å². The van der Waals surface area contributed by atoms with E-state index in [1.807, 2.05) is 31.8 Å². The first-order valence-electron chi connectivity index (χ1n) is 5.34. The third kappa shape index (κ3) is 2.71. The Hall–Kier alpha value is -1.69. The number of nitrogens with one attached hydrogen (secondary N) is 2. The van der Waals surface area contributed by atoms with Crippen molar-refractivity contribution in [2.45, 2.75) is 20.4 Å². The standard InChI is InChI=1S/C11H15N5S/c1-7-10(12-3)15-8(2)16-11(7)13-4-9-5-17-6-14-9/h5-6H,4H2,1-3H3,(H2,12,13,15,16). The summed E-state index contributed by atoms with van der Waals surface area (Å²) >= 11 is 1.59. The van der Waals surface area contributed by atoms with Crippen molar-refractivity contribution in [1.29, 1.82) is 0 Å². The van der Waals surface area contributed by atoms with Gasteiger partial charge in [0, 0.05) is 18.0 Å². The van der Waals surface area contributed by atoms with Crippen LogP contribution in [0.25, 0.3) is 0 Å². The lowest BCUT2D eigenvalue weighted by Gasteiger charge is -2.11. The summed E-state index contributed by atoms with van der Waals surface area (Å²) in [6.45, 7) is 4.56. The van der Waals surface area contributed by atoms with Crippen molar-refractivity contribution in [2.24, 2.45) is 0 Å². The summed E-state index contributed by atoms with van der Waals surface area (Å²) in [7, 11) is 1.86. The first-order valence-corrected chi connectivity index (χ1v) is 6.29. The van der Waals surface area contributed by atoms with Gasteiger partial charge in [0.1, 0.15) is 17.5 Å². The summed E-state index contributed by atoms with van der Waals surface area (Å²) in [5.74, 6) is 2.47. The molecule has 2 heterocycles. The molecule has 0 spiro atoms. The molecule has 2 aromatic heterocycles. The van der Waals surface area contributed by atoms with Gasteiger partial charge in [-0.15, -0.1) is 11.3 Å². The topological polar surface area (TPSA) is 62.7 Å². The average Bonchev–Trinajstić information content (AvgIpc) is 2.82. The average molecular weight is 249 g/mol. The Balaban J connectivity index is 2.17. The van der Waals surface area contributed by atoms with E-state index in [-0.39, 0.29) is 0 Å². The second-order valence-electron chi connectivity index (χ2n) is 3.68. The SMILES string of the molecule is CNc1nc(C)nc(NCc2cscn2)c1C. The highest BCUT2D eigenvalue weighted by Crippen LogP contribution is 2.19. The van der Waals surface area contributed by atoms with Gasteiger partial charge in [-0.05, 0) is 13.8 Å². The molecule has 2 aromatic rings. The maximum atomic E-state index is 4.39. The highest BCUT2D eigenvalue weighted by Gasteiger charge is 2.07. The first kappa shape index (κ1) is 11.8. The van der Waals surface area contributed by atoms with Gasteiger partial charge in [0.05, 0.1) is 17.7 Å². The molecule has 17 heavy (non-hydrogen) atoms. The normalized spacial score (nSPS) is 10.3. The molecule has 2 N–H and O–H groups in total. The summed E-state index contributed by atoms with van der Waals surface area (Å²) < 4.78 is 0. The second kappa shape index (κ2) is 5.09. The van der Waals surface area contributed by atoms with Gasteiger partial charge in [-0.25, -0.2) is 15.0 Å². The molecule has 0 radical (unpaired) electrons. The van der Waals surface area contributed by atoms with E-state index >= 15 is 0 Å². The molecule has 0 aliphatic carbocycles. The molecular formula is C11H15N5S. The van der Waals surface area contributed by atoms with E-state index in [9.17, 15) is 0 Å². The van der Waals surface area contributed by atoms with E-state index in [0.29, 0.717) is 6.54 Å². The van der Waals surface area contributed by atoms with E-state index in [1.165, 1.54) is 0 Å². The third-order valence-corrected chi connectivity index (χ3v) is 3.05. The lowest BCUT2D eigenvalue weighted by atomic mass is 10.3. The zero-order valence-corrected chi connectivity index (χ0v) is 10.9. The molecule has 0 amide bonds. The predicted molar refractivity (Wildman–Crippen MR) is 70.5 cm³/mol. The maximum Gasteiger partial charge on any atom is 0.135 e. The van der Waals surface area contributed by atoms with Crippen LogP contribution in [0, 0.1) is 13.8 Å². The molecule has 2 rings (SSSR count). The van der Waals surface area contributed by atoms with E-state index in [2.05, 4.69) is 25.6 Å². The van der Waals surface area contributed by atoms with Crippen molar-refractivity contribution in [1.82, 2.24) is 15.0 Å². The highest BCUT2D eigenvalue weighted by atomic mass is 32.1. The van der Waals surface area contributed by atoms with Crippen LogP contribution in [0.1, 0.15) is 17.1 Å². The van der Waals surface area contributed by atoms with Crippen LogP contribution in [-0.2, 0) is 6.54 Å². The Bertz CT molecular complexity index is 495. The largest absolute Gasteiger partial charge is 0.373 e. The van der Waals surface area contributed by atoms with Crippen LogP contribution in [0.4, 0.5) is 11.6 Å². The molecule has 6 heteroatoms.